The summed E-state index contributed by atoms with van der Waals surface area (Å²) in [5, 5.41) is 0. The lowest BCUT2D eigenvalue weighted by molar-refractivity contribution is 0.101. The predicted molar refractivity (Wildman–Crippen MR) is 46.9 cm³/mol. The van der Waals surface area contributed by atoms with Crippen molar-refractivity contribution >= 4 is 28.4 Å². The first-order valence-corrected chi connectivity index (χ1v) is 4.12. The number of pyridine rings is 1. The Labute approximate surface area is 81.1 Å². The van der Waals surface area contributed by atoms with E-state index in [-0.39, 0.29) is 9.13 Å². The Morgan fingerprint density at radius 3 is 2.58 bits per heavy atom. The molecular weight excluding hydrogens is 279 g/mol. The van der Waals surface area contributed by atoms with Gasteiger partial charge in [-0.2, -0.15) is 13.8 Å². The number of hydrogen-bond donors (Lipinski definition) is 0. The molecule has 0 aliphatic rings. The van der Waals surface area contributed by atoms with Crippen LogP contribution >= 0.6 is 22.6 Å². The highest BCUT2D eigenvalue weighted by Crippen LogP contribution is 2.15. The smallest absolute Gasteiger partial charge is 0.227 e. The minimum atomic E-state index is -1.05. The fourth-order valence-corrected chi connectivity index (χ4v) is 1.63. The maximum absolute atomic E-state index is 12.8. The molecule has 0 unspecified atom stereocenters. The normalized spacial score (nSPS) is 10.0. The van der Waals surface area contributed by atoms with Crippen LogP contribution in [0.5, 0.6) is 0 Å². The van der Waals surface area contributed by atoms with E-state index in [1.807, 2.05) is 0 Å². The van der Waals surface area contributed by atoms with Gasteiger partial charge in [-0.25, -0.2) is 0 Å². The zero-order chi connectivity index (χ0) is 9.30. The monoisotopic (exact) mass is 283 g/mol. The minimum absolute atomic E-state index is 0.156. The van der Waals surface area contributed by atoms with Gasteiger partial charge < -0.3 is 0 Å². The maximum Gasteiger partial charge on any atom is 0.227 e. The zero-order valence-electron chi connectivity index (χ0n) is 6.07. The number of Topliss-reactive ketones (excluding diaryl/α,β-unsaturated/α-hetero) is 1. The summed E-state index contributed by atoms with van der Waals surface area (Å²) in [6.45, 7) is 1.21. The molecule has 1 rings (SSSR count). The van der Waals surface area contributed by atoms with Crippen LogP contribution in [0.3, 0.4) is 0 Å². The molecule has 0 aromatic carbocycles. The lowest BCUT2D eigenvalue weighted by Gasteiger charge is -2.00. The number of halogens is 3. The van der Waals surface area contributed by atoms with Crippen molar-refractivity contribution in [1.29, 1.82) is 0 Å². The van der Waals surface area contributed by atoms with Gasteiger partial charge >= 0.3 is 0 Å². The van der Waals surface area contributed by atoms with Gasteiger partial charge in [0.1, 0.15) is 0 Å². The molecule has 0 atom stereocenters. The van der Waals surface area contributed by atoms with Crippen LogP contribution in [-0.4, -0.2) is 10.8 Å². The van der Waals surface area contributed by atoms with E-state index in [0.29, 0.717) is 0 Å². The number of rotatable bonds is 1. The van der Waals surface area contributed by atoms with Crippen molar-refractivity contribution in [1.82, 2.24) is 4.98 Å². The quantitative estimate of drug-likeness (QED) is 0.449. The van der Waals surface area contributed by atoms with Crippen LogP contribution in [0.2, 0.25) is 0 Å². The molecule has 5 heteroatoms. The Morgan fingerprint density at radius 2 is 2.17 bits per heavy atom. The fourth-order valence-electron chi connectivity index (χ4n) is 0.771. The second kappa shape index (κ2) is 3.42. The Hall–Kier alpha value is -0.590. The number of nitrogens with zero attached hydrogens (tertiary/aromatic N) is 1. The first-order valence-electron chi connectivity index (χ1n) is 3.05. The van der Waals surface area contributed by atoms with Crippen molar-refractivity contribution in [3.8, 4) is 0 Å². The van der Waals surface area contributed by atoms with Crippen LogP contribution in [0.25, 0.3) is 0 Å². The summed E-state index contributed by atoms with van der Waals surface area (Å²) >= 11 is 1.69. The van der Waals surface area contributed by atoms with Gasteiger partial charge in [0, 0.05) is 9.64 Å². The van der Waals surface area contributed by atoms with Crippen molar-refractivity contribution in [2.24, 2.45) is 0 Å². The topological polar surface area (TPSA) is 30.0 Å². The lowest BCUT2D eigenvalue weighted by Crippen LogP contribution is -2.04. The molecule has 64 valence electrons. The molecule has 0 radical (unpaired) electrons. The second-order valence-electron chi connectivity index (χ2n) is 2.15. The highest BCUT2D eigenvalue weighted by atomic mass is 127. The summed E-state index contributed by atoms with van der Waals surface area (Å²) in [6, 6.07) is 1.01. The van der Waals surface area contributed by atoms with Gasteiger partial charge in [-0.05, 0) is 29.5 Å². The van der Waals surface area contributed by atoms with Gasteiger partial charge in [0.25, 0.3) is 0 Å². The van der Waals surface area contributed by atoms with E-state index >= 15 is 0 Å². The van der Waals surface area contributed by atoms with Crippen molar-refractivity contribution in [3.05, 3.63) is 27.1 Å². The highest BCUT2D eigenvalue weighted by molar-refractivity contribution is 14.1. The summed E-state index contributed by atoms with van der Waals surface area (Å²) in [5.74, 6) is -2.42. The molecule has 1 heterocycles. The van der Waals surface area contributed by atoms with Crippen molar-refractivity contribution in [2.75, 3.05) is 0 Å². The number of hydrogen-bond acceptors (Lipinski definition) is 2. The molecule has 0 spiro atoms. The summed E-state index contributed by atoms with van der Waals surface area (Å²) in [5.41, 5.74) is -0.156. The predicted octanol–water partition coefficient (Wildman–Crippen LogP) is 2.17. The summed E-state index contributed by atoms with van der Waals surface area (Å²) in [4.78, 5) is 13.7. The van der Waals surface area contributed by atoms with E-state index in [2.05, 4.69) is 4.98 Å². The molecule has 0 saturated carbocycles. The third-order valence-electron chi connectivity index (χ3n) is 1.25. The van der Waals surface area contributed by atoms with Gasteiger partial charge in [0.05, 0.1) is 5.56 Å². The molecule has 0 saturated heterocycles. The number of ketones is 1. The minimum Gasteiger partial charge on any atom is -0.294 e. The van der Waals surface area contributed by atoms with E-state index in [1.165, 1.54) is 6.92 Å². The first-order chi connectivity index (χ1) is 5.52. The second-order valence-corrected chi connectivity index (χ2v) is 3.31. The molecule has 0 fully saturated rings. The first kappa shape index (κ1) is 9.50. The van der Waals surface area contributed by atoms with Crippen LogP contribution in [0.4, 0.5) is 8.78 Å². The van der Waals surface area contributed by atoms with E-state index in [1.54, 1.807) is 22.6 Å². The van der Waals surface area contributed by atoms with Crippen LogP contribution in [0.15, 0.2) is 6.07 Å². The molecule has 0 amide bonds. The summed E-state index contributed by atoms with van der Waals surface area (Å²) in [6.07, 6.45) is 0. The van der Waals surface area contributed by atoms with E-state index in [4.69, 9.17) is 0 Å². The van der Waals surface area contributed by atoms with E-state index in [9.17, 15) is 13.6 Å². The Morgan fingerprint density at radius 1 is 1.58 bits per heavy atom. The average molecular weight is 283 g/mol. The van der Waals surface area contributed by atoms with Crippen LogP contribution in [-0.2, 0) is 0 Å². The molecule has 0 bridgehead atoms. The molecule has 0 aliphatic carbocycles. The average Bonchev–Trinajstić information content (AvgIpc) is 1.82. The SMILES string of the molecule is CC(=O)c1c(I)cc(F)nc1F. The lowest BCUT2D eigenvalue weighted by atomic mass is 10.2. The van der Waals surface area contributed by atoms with Gasteiger partial charge in [-0.15, -0.1) is 0 Å². The van der Waals surface area contributed by atoms with Gasteiger partial charge in [-0.1, -0.05) is 0 Å². The fraction of sp³-hybridized carbons (Fsp3) is 0.143. The Balaban J connectivity index is 3.38. The molecule has 0 aliphatic heterocycles. The molecule has 0 N–H and O–H groups in total. The Kier molecular flexibility index (Phi) is 2.71. The van der Waals surface area contributed by atoms with Crippen molar-refractivity contribution in [3.63, 3.8) is 0 Å². The van der Waals surface area contributed by atoms with Crippen LogP contribution < -0.4 is 0 Å². The standard InChI is InChI=1S/C7H4F2INO/c1-3(12)6-4(10)2-5(8)11-7(6)9/h2H,1H3. The Bertz CT molecular complexity index is 317. The molecular formula is C7H4F2INO. The largest absolute Gasteiger partial charge is 0.294 e. The molecule has 1 aromatic heterocycles. The summed E-state index contributed by atoms with van der Waals surface area (Å²) < 4.78 is 25.4. The van der Waals surface area contributed by atoms with Gasteiger partial charge in [0.15, 0.2) is 5.78 Å². The van der Waals surface area contributed by atoms with Crippen molar-refractivity contribution < 1.29 is 13.6 Å². The third-order valence-corrected chi connectivity index (χ3v) is 2.10. The number of carbonyl (C=O) groups is 1. The van der Waals surface area contributed by atoms with Gasteiger partial charge in [-0.3, -0.25) is 4.79 Å². The third kappa shape index (κ3) is 1.77. The molecule has 12 heavy (non-hydrogen) atoms. The van der Waals surface area contributed by atoms with Gasteiger partial charge in [0.2, 0.25) is 11.9 Å². The number of aromatic nitrogens is 1. The molecule has 1 aromatic rings. The van der Waals surface area contributed by atoms with Crippen LogP contribution in [0.1, 0.15) is 17.3 Å². The highest BCUT2D eigenvalue weighted by Gasteiger charge is 2.14. The summed E-state index contributed by atoms with van der Waals surface area (Å²) in [7, 11) is 0. The molecule has 2 nitrogen and oxygen atoms in total. The van der Waals surface area contributed by atoms with E-state index < -0.39 is 17.7 Å². The maximum atomic E-state index is 12.8. The van der Waals surface area contributed by atoms with Crippen LogP contribution in [0, 0.1) is 15.5 Å². The van der Waals surface area contributed by atoms with Crippen molar-refractivity contribution in [2.45, 2.75) is 6.92 Å². The number of carbonyl (C=O) groups excluding carboxylic acids is 1. The zero-order valence-corrected chi connectivity index (χ0v) is 8.22. The van der Waals surface area contributed by atoms with E-state index in [0.717, 1.165) is 6.07 Å².